The Morgan fingerprint density at radius 2 is 0.708 bits per heavy atom. The highest BCUT2D eigenvalue weighted by Gasteiger charge is 2.61. The van der Waals surface area contributed by atoms with Crippen molar-refractivity contribution in [3.05, 3.63) is 88.0 Å². The largest absolute Gasteiger partial charge is 0.490 e. The van der Waals surface area contributed by atoms with Gasteiger partial charge in [0.25, 0.3) is 11.4 Å². The number of H-pyrrole nitrogens is 1. The highest BCUT2D eigenvalue weighted by molar-refractivity contribution is 9.54. The summed E-state index contributed by atoms with van der Waals surface area (Å²) < 4.78 is 15.1. The molecule has 552 valence electrons. The number of aromatic amines is 1. The van der Waals surface area contributed by atoms with E-state index in [9.17, 15) is 19.5 Å². The molecule has 33 atom stereocenters. The van der Waals surface area contributed by atoms with Gasteiger partial charge in [-0.2, -0.15) is 4.98 Å². The second kappa shape index (κ2) is 62.2. The van der Waals surface area contributed by atoms with Crippen LogP contribution < -0.4 is 10.3 Å². The molecule has 3 aromatic rings. The van der Waals surface area contributed by atoms with Gasteiger partial charge in [-0.3, -0.25) is 9.59 Å². The molecule has 0 saturated heterocycles. The normalized spacial score (nSPS) is 14.9. The van der Waals surface area contributed by atoms with Crippen molar-refractivity contribution in [2.24, 2.45) is 0 Å². The van der Waals surface area contributed by atoms with Crippen LogP contribution in [-0.2, 0) is 32.3 Å². The van der Waals surface area contributed by atoms with E-state index >= 15 is 0 Å². The third kappa shape index (κ3) is 40.1. The van der Waals surface area contributed by atoms with Crippen LogP contribution >= 0.6 is 464 Å². The zero-order valence-electron chi connectivity index (χ0n) is 51.6. The minimum absolute atomic E-state index is 0.108. The van der Waals surface area contributed by atoms with E-state index in [-0.39, 0.29) is 232 Å². The summed E-state index contributed by atoms with van der Waals surface area (Å²) in [6.07, 6.45) is 4.39. The van der Waals surface area contributed by atoms with Crippen molar-refractivity contribution < 1.29 is 28.9 Å². The number of esters is 1. The molecular weight excluding hydrogens is 2280 g/mol. The number of ketones is 1. The van der Waals surface area contributed by atoms with Crippen LogP contribution in [0.1, 0.15) is 61.9 Å². The Kier molecular flexibility index (Phi) is 73.2. The van der Waals surface area contributed by atoms with Gasteiger partial charge in [-0.25, -0.2) is 4.79 Å². The molecule has 33 unspecified atom stereocenters. The number of aromatic hydroxyl groups is 1. The van der Waals surface area contributed by atoms with Crippen LogP contribution in [0.3, 0.4) is 0 Å². The first-order valence-corrected chi connectivity index (χ1v) is 131. The zero-order valence-corrected chi connectivity index (χ0v) is 111. The van der Waals surface area contributed by atoms with Crippen molar-refractivity contribution >= 4 is 475 Å². The lowest BCUT2D eigenvalue weighted by Gasteiger charge is -2.60. The van der Waals surface area contributed by atoms with Crippen molar-refractivity contribution in [3.8, 4) is 11.6 Å². The number of aromatic nitrogens is 2. The fraction of sp³-hybridized carbons (Fsp3) is 0.379. The number of hydrogen-bond donors (Lipinski definition) is 2. The molecule has 1 saturated carbocycles. The lowest BCUT2D eigenvalue weighted by Crippen LogP contribution is -2.32. The topological polar surface area (TPSA) is 128 Å². The van der Waals surface area contributed by atoms with Crippen LogP contribution in [0.5, 0.6) is 11.6 Å². The number of nitrogens with one attached hydrogen (secondary N) is 1. The summed E-state index contributed by atoms with van der Waals surface area (Å²) in [6.45, 7) is -4.38. The Hall–Kier alpha value is 21.0. The van der Waals surface area contributed by atoms with E-state index in [4.69, 9.17) is 9.47 Å². The van der Waals surface area contributed by atoms with Gasteiger partial charge in [0.05, 0.1) is 13.7 Å². The third-order valence-corrected chi connectivity index (χ3v) is 413. The van der Waals surface area contributed by atoms with Gasteiger partial charge in [0, 0.05) is 5.92 Å². The lowest BCUT2D eigenvalue weighted by atomic mass is 9.89. The van der Waals surface area contributed by atoms with E-state index in [0.29, 0.717) is 5.82 Å². The summed E-state index contributed by atoms with van der Waals surface area (Å²) in [5, 5.41) is 10.0. The van der Waals surface area contributed by atoms with E-state index in [2.05, 4.69) is 283 Å². The molecule has 67 heteroatoms. The van der Waals surface area contributed by atoms with Gasteiger partial charge in [0.2, 0.25) is 11.9 Å². The van der Waals surface area contributed by atoms with Crippen LogP contribution in [-0.4, -0.2) is 40.0 Å². The van der Waals surface area contributed by atoms with Gasteiger partial charge in [0.1, 0.15) is 12.4 Å². The molecule has 0 spiro atoms. The number of methoxy groups -OCH3 is 1. The zero-order chi connectivity index (χ0) is 73.5. The highest BCUT2D eigenvalue weighted by atomic mass is 33.6. The van der Waals surface area contributed by atoms with Gasteiger partial charge >= 0.3 is 5.97 Å². The van der Waals surface area contributed by atoms with E-state index in [1.54, 1.807) is 0 Å². The first-order chi connectivity index (χ1) is 44.7. The molecule has 0 bridgehead atoms. The lowest BCUT2D eigenvalue weighted by molar-refractivity contribution is -0.159. The van der Waals surface area contributed by atoms with Gasteiger partial charge in [-0.05, 0) is 227 Å². The molecule has 1 fully saturated rings. The summed E-state index contributed by atoms with van der Waals surface area (Å²) in [7, 11) is 107. The molecular formula is C29H94N2O7P58. The fourth-order valence-electron chi connectivity index (χ4n) is 7.57. The van der Waals surface area contributed by atoms with Crippen molar-refractivity contribution in [1.82, 2.24) is 9.97 Å². The average molecular weight is 2380 g/mol. The van der Waals surface area contributed by atoms with E-state index in [1.807, 2.05) is 60.7 Å². The molecule has 1 heterocycles. The number of nitrogens with zero attached hydrogens (tertiary/aromatic N) is 1. The molecule has 1 aliphatic carbocycles. The number of rotatable bonds is 36. The summed E-state index contributed by atoms with van der Waals surface area (Å²) in [4.78, 5) is 41.4. The fourth-order valence-corrected chi connectivity index (χ4v) is 844. The second-order valence-corrected chi connectivity index (χ2v) is 257. The van der Waals surface area contributed by atoms with E-state index < -0.39 is 17.6 Å². The number of hydrogen-bond acceptors (Lipinski definition) is 8. The number of ether oxygens (including phenoxy) is 3. The van der Waals surface area contributed by atoms with Crippen molar-refractivity contribution in [3.63, 3.8) is 0 Å². The second-order valence-electron chi connectivity index (χ2n) is 18.2. The Balaban J connectivity index is 0.000000655. The van der Waals surface area contributed by atoms with Gasteiger partial charge in [-0.15, -0.1) is 268 Å². The number of carbonyl (C=O) groups excluding carboxylic acids is 2. The highest BCUT2D eigenvalue weighted by Crippen LogP contribution is 3.48. The maximum absolute atomic E-state index is 12.1. The van der Waals surface area contributed by atoms with Gasteiger partial charge < -0.3 is 24.3 Å². The summed E-state index contributed by atoms with van der Waals surface area (Å²) in [6, 6.07) is 18.8. The van der Waals surface area contributed by atoms with Crippen molar-refractivity contribution in [1.29, 1.82) is 0 Å². The van der Waals surface area contributed by atoms with Crippen LogP contribution in [0.15, 0.2) is 65.5 Å². The maximum atomic E-state index is 12.1. The monoisotopic (exact) mass is 2380 g/mol. The van der Waals surface area contributed by atoms with Crippen LogP contribution in [0.4, 0.5) is 0 Å². The molecule has 0 aliphatic heterocycles. The van der Waals surface area contributed by atoms with Gasteiger partial charge in [0.15, 0.2) is 5.78 Å². The molecule has 9 nitrogen and oxygen atoms in total. The molecule has 2 N–H and O–H groups in total. The Bertz CT molecular complexity index is 2560. The molecule has 0 amide bonds. The molecule has 2 aromatic carbocycles. The van der Waals surface area contributed by atoms with E-state index in [0.717, 1.165) is 36.8 Å². The molecule has 96 heavy (non-hydrogen) atoms. The standard InChI is InChI=1S/C17H20N2O3.C12H14O4.H60P58/c20-16-14(22-11-12-7-3-1-4-8-12)17(21)19-15(18-16)13-9-5-2-6-10-13;1-9(13)11(12(14)15-2)16-8-10-6-4-3-5-7-10;1-31(2)46(32(3)4)53(45(29)30)57(54(47(33(5)6)34(7)8)48(35(9)10)36(11)12)58(55(49(37(13)14)38(15)16)50(39(17)18)40(19)20)56(51(41(21)22)42(23)24)52(43(25)26)44(27)28/h1,3-4,7-8,13H,2,5-6,9-11H2,(H2,18,19,20,21);3-7,11H,8H2,1-2H3;1-30H2. The SMILES string of the molecule is COC(=O)C(OCc1ccccc1)C(C)=O.O=c1[nH]c(C2CCCCC2)nc(O)c1OCc1ccccc1.PP(P)P(P(P)P)P(P(P)P)P(P(P(P(P)P)P(P)P)P(P(P)P)P(P)P)P(P(P(P(P)P)P(P)P)P(P(P)P)P(P)P)P(P(P(P)P)P(P)P)P(P(P)P)P(P)P. The predicted molar refractivity (Wildman–Crippen MR) is 626 cm³/mol. The Morgan fingerprint density at radius 1 is 0.438 bits per heavy atom. The summed E-state index contributed by atoms with van der Waals surface area (Å²) in [5.74, 6) is -0.639. The molecule has 1 aliphatic rings. The quantitative estimate of drug-likeness (QED) is 0.0335. The minimum Gasteiger partial charge on any atom is -0.490 e. The van der Waals surface area contributed by atoms with Crippen LogP contribution in [0.2, 0.25) is 0 Å². The van der Waals surface area contributed by atoms with E-state index in [1.165, 1.54) is 20.5 Å². The molecule has 0 radical (unpaired) electrons. The molecule has 4 rings (SSSR count). The van der Waals surface area contributed by atoms with Crippen molar-refractivity contribution in [2.45, 2.75) is 64.3 Å². The van der Waals surface area contributed by atoms with Crippen molar-refractivity contribution in [2.75, 3.05) is 7.11 Å². The number of benzene rings is 2. The molecule has 1 aromatic heterocycles. The van der Waals surface area contributed by atoms with Crippen LogP contribution in [0.25, 0.3) is 0 Å². The number of Topliss-reactive ketones (excluding diaryl/α,β-unsaturated/α-hetero) is 1. The summed E-state index contributed by atoms with van der Waals surface area (Å²) >= 11 is 0. The first-order valence-electron chi connectivity index (χ1n) is 25.8. The summed E-state index contributed by atoms with van der Waals surface area (Å²) in [5.41, 5.74) is 1.42. The number of carbonyl (C=O) groups is 2. The Morgan fingerprint density at radius 3 is 0.979 bits per heavy atom. The predicted octanol–water partition coefficient (Wildman–Crippen LogP) is 38.3. The minimum atomic E-state index is -1.13. The first kappa shape index (κ1) is 113. The smallest absolute Gasteiger partial charge is 0.342 e. The Labute approximate surface area is 676 Å². The average Bonchev–Trinajstić information content (AvgIpc) is 0.730. The third-order valence-electron chi connectivity index (χ3n) is 11.2. The maximum Gasteiger partial charge on any atom is 0.342 e. The van der Waals surface area contributed by atoms with Crippen LogP contribution in [0, 0.1) is 0 Å². The van der Waals surface area contributed by atoms with Gasteiger partial charge in [-0.1, -0.05) is 79.9 Å².